The van der Waals surface area contributed by atoms with Gasteiger partial charge in [-0.3, -0.25) is 0 Å². The summed E-state index contributed by atoms with van der Waals surface area (Å²) < 4.78 is 0. The molecule has 0 radical (unpaired) electrons. The molecule has 0 unspecified atom stereocenters. The van der Waals surface area contributed by atoms with Gasteiger partial charge >= 0.3 is 0 Å². The Morgan fingerprint density at radius 1 is 1.24 bits per heavy atom. The van der Waals surface area contributed by atoms with Crippen LogP contribution in [0, 0.1) is 6.92 Å². The van der Waals surface area contributed by atoms with Gasteiger partial charge in [0.15, 0.2) is 0 Å². The van der Waals surface area contributed by atoms with Crippen LogP contribution in [0.3, 0.4) is 0 Å². The monoisotopic (exact) mass is 307 g/mol. The van der Waals surface area contributed by atoms with Crippen molar-refractivity contribution in [1.82, 2.24) is 10.2 Å². The number of aromatic hydroxyl groups is 1. The number of phenolic OH excluding ortho intramolecular Hbond substituents is 1. The van der Waals surface area contributed by atoms with Gasteiger partial charge in [-0.1, -0.05) is 11.6 Å². The van der Waals surface area contributed by atoms with E-state index in [1.807, 2.05) is 6.92 Å². The van der Waals surface area contributed by atoms with Crippen molar-refractivity contribution in [2.24, 2.45) is 0 Å². The van der Waals surface area contributed by atoms with Crippen molar-refractivity contribution in [2.75, 3.05) is 11.9 Å². The summed E-state index contributed by atoms with van der Waals surface area (Å²) >= 11 is 6.15. The Morgan fingerprint density at radius 2 is 1.95 bits per heavy atom. The Bertz CT molecular complexity index is 613. The number of anilines is 1. The van der Waals surface area contributed by atoms with Crippen molar-refractivity contribution < 1.29 is 10.2 Å². The van der Waals surface area contributed by atoms with Crippen LogP contribution in [0.2, 0.25) is 5.02 Å². The normalized spacial score (nSPS) is 11.5. The molecule has 1 aromatic heterocycles. The number of benzene rings is 1. The second kappa shape index (κ2) is 5.87. The van der Waals surface area contributed by atoms with Crippen LogP contribution in [0.15, 0.2) is 24.3 Å². The fraction of sp³-hybridized carbons (Fsp3) is 0.333. The Hall–Kier alpha value is -1.85. The number of nitrogens with one attached hydrogen (secondary N) is 1. The molecule has 1 aromatic carbocycles. The lowest BCUT2D eigenvalue weighted by Crippen LogP contribution is -2.29. The molecule has 0 aliphatic carbocycles. The molecule has 0 bridgehead atoms. The number of halogens is 1. The lowest BCUT2D eigenvalue weighted by atomic mass is 10.1. The summed E-state index contributed by atoms with van der Waals surface area (Å²) in [5.74, 6) is 0.620. The minimum absolute atomic E-state index is 0.0755. The molecule has 2 rings (SSSR count). The van der Waals surface area contributed by atoms with Gasteiger partial charge in [0.2, 0.25) is 0 Å². The molecule has 6 heteroatoms. The Morgan fingerprint density at radius 3 is 2.48 bits per heavy atom. The highest BCUT2D eigenvalue weighted by Gasteiger charge is 2.14. The second-order valence-electron chi connectivity index (χ2n) is 5.61. The van der Waals surface area contributed by atoms with Crippen LogP contribution in [-0.2, 0) is 0 Å². The van der Waals surface area contributed by atoms with Crippen molar-refractivity contribution in [2.45, 2.75) is 26.4 Å². The summed E-state index contributed by atoms with van der Waals surface area (Å²) in [6, 6.07) is 6.84. The third-order valence-electron chi connectivity index (χ3n) is 2.84. The summed E-state index contributed by atoms with van der Waals surface area (Å²) in [5, 5.41) is 31.1. The molecule has 1 heterocycles. The number of hydrogen-bond donors (Lipinski definition) is 3. The van der Waals surface area contributed by atoms with Gasteiger partial charge < -0.3 is 15.5 Å². The summed E-state index contributed by atoms with van der Waals surface area (Å²) in [5.41, 5.74) is 0.992. The van der Waals surface area contributed by atoms with Crippen LogP contribution in [-0.4, -0.2) is 32.6 Å². The van der Waals surface area contributed by atoms with E-state index in [4.69, 9.17) is 11.6 Å². The van der Waals surface area contributed by atoms with Crippen molar-refractivity contribution in [3.63, 3.8) is 0 Å². The van der Waals surface area contributed by atoms with E-state index in [9.17, 15) is 10.2 Å². The van der Waals surface area contributed by atoms with Crippen LogP contribution < -0.4 is 5.32 Å². The quantitative estimate of drug-likeness (QED) is 0.809. The number of phenols is 1. The minimum Gasteiger partial charge on any atom is -0.507 e. The zero-order chi connectivity index (χ0) is 15.6. The fourth-order valence-electron chi connectivity index (χ4n) is 1.84. The Balaban J connectivity index is 2.24. The SMILES string of the molecule is Cc1cc(O)c(-c2ccc(NCC(C)(C)O)nn2)c(Cl)c1. The average Bonchev–Trinajstić information content (AvgIpc) is 2.35. The maximum atomic E-state index is 10.0. The van der Waals surface area contributed by atoms with Crippen LogP contribution in [0.4, 0.5) is 5.82 Å². The van der Waals surface area contributed by atoms with E-state index in [1.165, 1.54) is 0 Å². The standard InChI is InChI=1S/C15H18ClN3O2/c1-9-6-10(16)14(12(20)7-9)11-4-5-13(19-18-11)17-8-15(2,3)21/h4-7,20-21H,8H2,1-3H3,(H,17,19). The number of aryl methyl sites for hydroxylation is 1. The first kappa shape index (κ1) is 15.5. The highest BCUT2D eigenvalue weighted by Crippen LogP contribution is 2.35. The molecule has 0 aliphatic rings. The van der Waals surface area contributed by atoms with Gasteiger partial charge in [-0.05, 0) is 50.6 Å². The molecule has 2 aromatic rings. The molecule has 0 saturated carbocycles. The second-order valence-corrected chi connectivity index (χ2v) is 6.02. The minimum atomic E-state index is -0.834. The third-order valence-corrected chi connectivity index (χ3v) is 3.13. The number of aromatic nitrogens is 2. The number of rotatable bonds is 4. The van der Waals surface area contributed by atoms with Crippen molar-refractivity contribution in [1.29, 1.82) is 0 Å². The van der Waals surface area contributed by atoms with Crippen LogP contribution >= 0.6 is 11.6 Å². The first-order chi connectivity index (χ1) is 9.76. The molecule has 21 heavy (non-hydrogen) atoms. The van der Waals surface area contributed by atoms with Gasteiger partial charge in [0.1, 0.15) is 11.6 Å². The molecular weight excluding hydrogens is 290 g/mol. The smallest absolute Gasteiger partial charge is 0.148 e. The molecule has 0 fully saturated rings. The molecule has 0 atom stereocenters. The molecule has 0 saturated heterocycles. The maximum absolute atomic E-state index is 10.0. The zero-order valence-corrected chi connectivity index (χ0v) is 12.9. The van der Waals surface area contributed by atoms with E-state index in [1.54, 1.807) is 38.1 Å². The predicted molar refractivity (Wildman–Crippen MR) is 83.7 cm³/mol. The zero-order valence-electron chi connectivity index (χ0n) is 12.2. The van der Waals surface area contributed by atoms with Gasteiger partial charge in [0.05, 0.1) is 21.9 Å². The van der Waals surface area contributed by atoms with Crippen molar-refractivity contribution in [3.05, 3.63) is 34.9 Å². The molecule has 112 valence electrons. The highest BCUT2D eigenvalue weighted by atomic mass is 35.5. The van der Waals surface area contributed by atoms with Gasteiger partial charge in [0, 0.05) is 6.54 Å². The van der Waals surface area contributed by atoms with Crippen molar-refractivity contribution in [3.8, 4) is 17.0 Å². The number of nitrogens with zero attached hydrogens (tertiary/aromatic N) is 2. The summed E-state index contributed by atoms with van der Waals surface area (Å²) in [7, 11) is 0. The Kier molecular flexibility index (Phi) is 4.34. The maximum Gasteiger partial charge on any atom is 0.148 e. The highest BCUT2D eigenvalue weighted by molar-refractivity contribution is 6.33. The van der Waals surface area contributed by atoms with E-state index >= 15 is 0 Å². The Labute approximate surface area is 128 Å². The first-order valence-corrected chi connectivity index (χ1v) is 6.93. The summed E-state index contributed by atoms with van der Waals surface area (Å²) in [6.07, 6.45) is 0. The third kappa shape index (κ3) is 4.06. The molecule has 0 amide bonds. The van der Waals surface area contributed by atoms with E-state index in [-0.39, 0.29) is 5.75 Å². The van der Waals surface area contributed by atoms with Gasteiger partial charge in [-0.25, -0.2) is 0 Å². The van der Waals surface area contributed by atoms with E-state index in [0.717, 1.165) is 5.56 Å². The van der Waals surface area contributed by atoms with E-state index in [2.05, 4.69) is 15.5 Å². The molecule has 5 nitrogen and oxygen atoms in total. The summed E-state index contributed by atoms with van der Waals surface area (Å²) in [4.78, 5) is 0. The fourth-order valence-corrected chi connectivity index (χ4v) is 2.21. The van der Waals surface area contributed by atoms with E-state index in [0.29, 0.717) is 28.6 Å². The molecule has 0 aliphatic heterocycles. The molecule has 0 spiro atoms. The molecular formula is C15H18ClN3O2. The summed E-state index contributed by atoms with van der Waals surface area (Å²) in [6.45, 7) is 5.61. The first-order valence-electron chi connectivity index (χ1n) is 6.56. The van der Waals surface area contributed by atoms with E-state index < -0.39 is 5.60 Å². The van der Waals surface area contributed by atoms with Gasteiger partial charge in [-0.2, -0.15) is 0 Å². The average molecular weight is 308 g/mol. The van der Waals surface area contributed by atoms with Crippen molar-refractivity contribution >= 4 is 17.4 Å². The van der Waals surface area contributed by atoms with Crippen LogP contribution in [0.1, 0.15) is 19.4 Å². The topological polar surface area (TPSA) is 78.3 Å². The van der Waals surface area contributed by atoms with Gasteiger partial charge in [0.25, 0.3) is 0 Å². The van der Waals surface area contributed by atoms with Crippen LogP contribution in [0.5, 0.6) is 5.75 Å². The number of aliphatic hydroxyl groups is 1. The largest absolute Gasteiger partial charge is 0.507 e. The lowest BCUT2D eigenvalue weighted by Gasteiger charge is -2.17. The van der Waals surface area contributed by atoms with Gasteiger partial charge in [-0.15, -0.1) is 10.2 Å². The van der Waals surface area contributed by atoms with Crippen LogP contribution in [0.25, 0.3) is 11.3 Å². The predicted octanol–water partition coefficient (Wildman–Crippen LogP) is 2.99. The number of hydrogen-bond acceptors (Lipinski definition) is 5. The molecule has 3 N–H and O–H groups in total. The lowest BCUT2D eigenvalue weighted by molar-refractivity contribution is 0.0944.